The lowest BCUT2D eigenvalue weighted by Crippen LogP contribution is -2.05. The zero-order valence-electron chi connectivity index (χ0n) is 15.6. The van der Waals surface area contributed by atoms with Crippen molar-refractivity contribution in [3.05, 3.63) is 89.5 Å². The molecule has 0 saturated heterocycles. The molecule has 152 valence electrons. The third-order valence-electron chi connectivity index (χ3n) is 4.21. The lowest BCUT2D eigenvalue weighted by molar-refractivity contribution is 0.344. The number of thioether (sulfide) groups is 1. The van der Waals surface area contributed by atoms with Gasteiger partial charge in [0.25, 0.3) is 0 Å². The molecule has 0 aliphatic heterocycles. The van der Waals surface area contributed by atoms with Gasteiger partial charge in [-0.05, 0) is 36.4 Å². The van der Waals surface area contributed by atoms with Gasteiger partial charge in [0.1, 0.15) is 17.4 Å². The molecule has 0 aliphatic rings. The number of aromatic nitrogens is 3. The average molecular weight is 444 g/mol. The third kappa shape index (κ3) is 4.63. The quantitative estimate of drug-likeness (QED) is 0.258. The molecule has 4 aromatic rings. The van der Waals surface area contributed by atoms with Crippen molar-refractivity contribution < 1.29 is 13.5 Å². The first-order valence-corrected chi connectivity index (χ1v) is 10.5. The molecule has 0 bridgehead atoms. The molecule has 0 saturated carbocycles. The Kier molecular flexibility index (Phi) is 6.30. The maximum absolute atomic E-state index is 14.6. The molecule has 0 N–H and O–H groups in total. The Labute approximate surface area is 181 Å². The van der Waals surface area contributed by atoms with E-state index in [2.05, 4.69) is 10.2 Å². The minimum Gasteiger partial charge on any atom is -0.493 e. The largest absolute Gasteiger partial charge is 0.493 e. The number of hydrogen-bond acceptors (Lipinski definition) is 4. The van der Waals surface area contributed by atoms with Gasteiger partial charge in [0.15, 0.2) is 11.0 Å². The number of halogens is 3. The second-order valence-corrected chi connectivity index (χ2v) is 7.75. The maximum Gasteiger partial charge on any atom is 0.196 e. The van der Waals surface area contributed by atoms with Crippen LogP contribution in [0.1, 0.15) is 0 Å². The average Bonchev–Trinajstić information content (AvgIpc) is 3.17. The van der Waals surface area contributed by atoms with Crippen molar-refractivity contribution in [3.8, 4) is 22.8 Å². The highest BCUT2D eigenvalue weighted by molar-refractivity contribution is 7.99. The van der Waals surface area contributed by atoms with Crippen LogP contribution in [0.2, 0.25) is 5.02 Å². The van der Waals surface area contributed by atoms with Crippen molar-refractivity contribution in [1.29, 1.82) is 0 Å². The summed E-state index contributed by atoms with van der Waals surface area (Å²) in [6.45, 7) is 0.408. The van der Waals surface area contributed by atoms with Crippen LogP contribution in [0.4, 0.5) is 8.78 Å². The standard InChI is InChI=1S/C22H16ClF2N3OS/c23-16-6-9-18(10-7-16)29-12-13-30-22-27-26-21(15-4-2-1-3-5-15)28(22)20-11-8-17(24)14-19(20)25/h1-11,14H,12-13H2. The van der Waals surface area contributed by atoms with E-state index in [1.165, 1.54) is 23.9 Å². The summed E-state index contributed by atoms with van der Waals surface area (Å²) in [5, 5.41) is 9.60. The Bertz CT molecular complexity index is 1140. The van der Waals surface area contributed by atoms with Crippen molar-refractivity contribution in [2.45, 2.75) is 5.16 Å². The van der Waals surface area contributed by atoms with E-state index in [9.17, 15) is 8.78 Å². The Hall–Kier alpha value is -2.90. The monoisotopic (exact) mass is 443 g/mol. The predicted octanol–water partition coefficient (Wildman–Crippen LogP) is 6.04. The Morgan fingerprint density at radius 3 is 2.43 bits per heavy atom. The summed E-state index contributed by atoms with van der Waals surface area (Å²) in [5.74, 6) is 0.402. The van der Waals surface area contributed by atoms with Crippen molar-refractivity contribution >= 4 is 23.4 Å². The Morgan fingerprint density at radius 2 is 1.70 bits per heavy atom. The van der Waals surface area contributed by atoms with Crippen molar-refractivity contribution in [2.24, 2.45) is 0 Å². The van der Waals surface area contributed by atoms with E-state index in [0.717, 1.165) is 11.6 Å². The van der Waals surface area contributed by atoms with Gasteiger partial charge < -0.3 is 4.74 Å². The topological polar surface area (TPSA) is 39.9 Å². The van der Waals surface area contributed by atoms with Crippen LogP contribution in [0.15, 0.2) is 78.0 Å². The van der Waals surface area contributed by atoms with Gasteiger partial charge in [-0.15, -0.1) is 10.2 Å². The van der Waals surface area contributed by atoms with Gasteiger partial charge in [-0.2, -0.15) is 0 Å². The molecule has 0 unspecified atom stereocenters. The fraction of sp³-hybridized carbons (Fsp3) is 0.0909. The van der Waals surface area contributed by atoms with E-state index in [4.69, 9.17) is 16.3 Å². The molecule has 0 amide bonds. The molecule has 0 aliphatic carbocycles. The molecule has 8 heteroatoms. The molecule has 1 heterocycles. The van der Waals surface area contributed by atoms with Crippen molar-refractivity contribution in [1.82, 2.24) is 14.8 Å². The molecule has 4 rings (SSSR count). The van der Waals surface area contributed by atoms with Crippen LogP contribution in [-0.4, -0.2) is 27.1 Å². The Morgan fingerprint density at radius 1 is 0.933 bits per heavy atom. The number of rotatable bonds is 7. The fourth-order valence-electron chi connectivity index (χ4n) is 2.84. The summed E-state index contributed by atoms with van der Waals surface area (Å²) in [5.41, 5.74) is 0.958. The van der Waals surface area contributed by atoms with E-state index in [1.54, 1.807) is 28.8 Å². The molecule has 0 atom stereocenters. The third-order valence-corrected chi connectivity index (χ3v) is 5.36. The normalized spacial score (nSPS) is 10.9. The number of ether oxygens (including phenoxy) is 1. The highest BCUT2D eigenvalue weighted by Crippen LogP contribution is 2.29. The minimum atomic E-state index is -0.689. The van der Waals surface area contributed by atoms with Gasteiger partial charge in [0, 0.05) is 22.4 Å². The van der Waals surface area contributed by atoms with Crippen LogP contribution in [0.3, 0.4) is 0 Å². The van der Waals surface area contributed by atoms with E-state index >= 15 is 0 Å². The predicted molar refractivity (Wildman–Crippen MR) is 114 cm³/mol. The van der Waals surface area contributed by atoms with E-state index < -0.39 is 11.6 Å². The van der Waals surface area contributed by atoms with Gasteiger partial charge in [-0.25, -0.2) is 8.78 Å². The summed E-state index contributed by atoms with van der Waals surface area (Å²) in [4.78, 5) is 0. The Balaban J connectivity index is 1.58. The molecule has 4 nitrogen and oxygen atoms in total. The molecule has 0 radical (unpaired) electrons. The second kappa shape index (κ2) is 9.28. The summed E-state index contributed by atoms with van der Waals surface area (Å²) < 4.78 is 35.3. The van der Waals surface area contributed by atoms with Crippen molar-refractivity contribution in [3.63, 3.8) is 0 Å². The molecule has 3 aromatic carbocycles. The number of nitrogens with zero attached hydrogens (tertiary/aromatic N) is 3. The summed E-state index contributed by atoms with van der Waals surface area (Å²) in [7, 11) is 0. The highest BCUT2D eigenvalue weighted by atomic mass is 35.5. The maximum atomic E-state index is 14.6. The van der Waals surface area contributed by atoms with Gasteiger partial charge in [-0.1, -0.05) is 53.7 Å². The van der Waals surface area contributed by atoms with E-state index in [-0.39, 0.29) is 5.69 Å². The molecule has 1 aromatic heterocycles. The minimum absolute atomic E-state index is 0.182. The first-order chi connectivity index (χ1) is 14.6. The number of hydrogen-bond donors (Lipinski definition) is 0. The molecular formula is C22H16ClF2N3OS. The molecular weight excluding hydrogens is 428 g/mol. The smallest absolute Gasteiger partial charge is 0.196 e. The first kappa shape index (κ1) is 20.4. The molecule has 0 fully saturated rings. The first-order valence-electron chi connectivity index (χ1n) is 9.09. The highest BCUT2D eigenvalue weighted by Gasteiger charge is 2.19. The van der Waals surface area contributed by atoms with Crippen LogP contribution in [0.25, 0.3) is 17.1 Å². The lowest BCUT2D eigenvalue weighted by Gasteiger charge is -2.12. The van der Waals surface area contributed by atoms with Crippen LogP contribution >= 0.6 is 23.4 Å². The zero-order chi connectivity index (χ0) is 20.9. The zero-order valence-corrected chi connectivity index (χ0v) is 17.2. The van der Waals surface area contributed by atoms with Crippen LogP contribution < -0.4 is 4.74 Å². The summed E-state index contributed by atoms with van der Waals surface area (Å²) in [6, 6.07) is 19.9. The van der Waals surface area contributed by atoms with Crippen LogP contribution in [0.5, 0.6) is 5.75 Å². The second-order valence-electron chi connectivity index (χ2n) is 6.25. The fourth-order valence-corrected chi connectivity index (χ4v) is 3.73. The molecule has 30 heavy (non-hydrogen) atoms. The van der Waals surface area contributed by atoms with E-state index in [0.29, 0.717) is 34.1 Å². The SMILES string of the molecule is Fc1ccc(-n2c(SCCOc3ccc(Cl)cc3)nnc2-c2ccccc2)c(F)c1. The van der Waals surface area contributed by atoms with Gasteiger partial charge in [-0.3, -0.25) is 4.57 Å². The molecule has 0 spiro atoms. The van der Waals surface area contributed by atoms with E-state index in [1.807, 2.05) is 30.3 Å². The van der Waals surface area contributed by atoms with Crippen molar-refractivity contribution in [2.75, 3.05) is 12.4 Å². The van der Waals surface area contributed by atoms with Crippen LogP contribution in [-0.2, 0) is 0 Å². The van der Waals surface area contributed by atoms with Gasteiger partial charge in [0.05, 0.1) is 12.3 Å². The van der Waals surface area contributed by atoms with Gasteiger partial charge >= 0.3 is 0 Å². The van der Waals surface area contributed by atoms with Gasteiger partial charge in [0.2, 0.25) is 0 Å². The summed E-state index contributed by atoms with van der Waals surface area (Å²) >= 11 is 7.24. The van der Waals surface area contributed by atoms with Crippen LogP contribution in [0, 0.1) is 11.6 Å². The number of benzene rings is 3. The summed E-state index contributed by atoms with van der Waals surface area (Å²) in [6.07, 6.45) is 0. The lowest BCUT2D eigenvalue weighted by atomic mass is 10.2.